The first kappa shape index (κ1) is 12.2. The van der Waals surface area contributed by atoms with Gasteiger partial charge in [0.1, 0.15) is 0 Å². The first-order valence-electron chi connectivity index (χ1n) is 5.58. The Morgan fingerprint density at radius 1 is 1.33 bits per heavy atom. The van der Waals surface area contributed by atoms with Crippen molar-refractivity contribution in [3.8, 4) is 0 Å². The van der Waals surface area contributed by atoms with Gasteiger partial charge in [0.15, 0.2) is 0 Å². The van der Waals surface area contributed by atoms with Crippen LogP contribution in [0, 0.1) is 12.3 Å². The number of hydrogen-bond acceptors (Lipinski definition) is 2. The average molecular weight is 209 g/mol. The first-order chi connectivity index (χ1) is 6.82. The molecule has 15 heavy (non-hydrogen) atoms. The van der Waals surface area contributed by atoms with Crippen LogP contribution in [0.15, 0.2) is 6.20 Å². The molecule has 0 spiro atoms. The summed E-state index contributed by atoms with van der Waals surface area (Å²) in [6.07, 6.45) is 1.91. The van der Waals surface area contributed by atoms with Crippen LogP contribution in [0.2, 0.25) is 0 Å². The van der Waals surface area contributed by atoms with Crippen molar-refractivity contribution in [1.29, 1.82) is 0 Å². The molecular weight excluding hydrogens is 186 g/mol. The van der Waals surface area contributed by atoms with E-state index in [0.717, 1.165) is 5.69 Å². The van der Waals surface area contributed by atoms with E-state index in [1.54, 1.807) is 0 Å². The summed E-state index contributed by atoms with van der Waals surface area (Å²) in [6, 6.07) is 0.819. The van der Waals surface area contributed by atoms with Gasteiger partial charge in [0.05, 0.1) is 6.20 Å². The molecule has 1 aromatic rings. The van der Waals surface area contributed by atoms with Crippen LogP contribution < -0.4 is 5.32 Å². The van der Waals surface area contributed by atoms with E-state index in [9.17, 15) is 0 Å². The number of H-pyrrole nitrogens is 1. The summed E-state index contributed by atoms with van der Waals surface area (Å²) < 4.78 is 0. The van der Waals surface area contributed by atoms with Crippen LogP contribution in [0.3, 0.4) is 0 Å². The van der Waals surface area contributed by atoms with Gasteiger partial charge in [0, 0.05) is 23.3 Å². The van der Waals surface area contributed by atoms with E-state index in [4.69, 9.17) is 0 Å². The predicted molar refractivity (Wildman–Crippen MR) is 63.8 cm³/mol. The summed E-state index contributed by atoms with van der Waals surface area (Å²) in [5.41, 5.74) is 2.69. The van der Waals surface area contributed by atoms with Gasteiger partial charge < -0.3 is 5.32 Å². The van der Waals surface area contributed by atoms with E-state index < -0.39 is 0 Å². The van der Waals surface area contributed by atoms with E-state index in [1.165, 1.54) is 5.56 Å². The van der Waals surface area contributed by atoms with Crippen molar-refractivity contribution in [2.75, 3.05) is 0 Å². The summed E-state index contributed by atoms with van der Waals surface area (Å²) in [4.78, 5) is 0. The van der Waals surface area contributed by atoms with Gasteiger partial charge >= 0.3 is 0 Å². The Kier molecular flexibility index (Phi) is 3.55. The van der Waals surface area contributed by atoms with Crippen molar-refractivity contribution in [1.82, 2.24) is 15.5 Å². The van der Waals surface area contributed by atoms with Gasteiger partial charge in [-0.25, -0.2) is 0 Å². The third-order valence-corrected chi connectivity index (χ3v) is 3.13. The van der Waals surface area contributed by atoms with Gasteiger partial charge in [-0.15, -0.1) is 0 Å². The second kappa shape index (κ2) is 4.35. The number of aromatic nitrogens is 2. The second-order valence-corrected chi connectivity index (χ2v) is 5.43. The molecule has 86 valence electrons. The Labute approximate surface area is 92.7 Å². The Morgan fingerprint density at radius 2 is 1.93 bits per heavy atom. The third-order valence-electron chi connectivity index (χ3n) is 3.13. The number of hydrogen-bond donors (Lipinski definition) is 2. The zero-order valence-electron chi connectivity index (χ0n) is 10.7. The zero-order chi connectivity index (χ0) is 11.6. The molecule has 0 fully saturated rings. The van der Waals surface area contributed by atoms with Gasteiger partial charge in [-0.2, -0.15) is 5.10 Å². The van der Waals surface area contributed by atoms with Crippen LogP contribution in [0.4, 0.5) is 0 Å². The van der Waals surface area contributed by atoms with E-state index >= 15 is 0 Å². The van der Waals surface area contributed by atoms with Crippen LogP contribution >= 0.6 is 0 Å². The molecule has 2 atom stereocenters. The average Bonchev–Trinajstić information content (AvgIpc) is 2.49. The molecular formula is C12H23N3. The predicted octanol–water partition coefficient (Wildman–Crippen LogP) is 2.80. The molecule has 0 aliphatic carbocycles. The Hall–Kier alpha value is -0.830. The van der Waals surface area contributed by atoms with Gasteiger partial charge in [-0.1, -0.05) is 20.8 Å². The lowest BCUT2D eigenvalue weighted by molar-refractivity contribution is 0.268. The van der Waals surface area contributed by atoms with Crippen molar-refractivity contribution in [2.24, 2.45) is 5.41 Å². The van der Waals surface area contributed by atoms with Gasteiger partial charge in [0.2, 0.25) is 0 Å². The van der Waals surface area contributed by atoms with Crippen molar-refractivity contribution < 1.29 is 0 Å². The van der Waals surface area contributed by atoms with Crippen molar-refractivity contribution in [2.45, 2.75) is 53.6 Å². The smallest absolute Gasteiger partial charge is 0.0537 e. The molecule has 0 saturated heterocycles. The highest BCUT2D eigenvalue weighted by atomic mass is 15.1. The van der Waals surface area contributed by atoms with Crippen molar-refractivity contribution >= 4 is 0 Å². The largest absolute Gasteiger partial charge is 0.307 e. The Bertz CT molecular complexity index is 309. The fourth-order valence-electron chi connectivity index (χ4n) is 1.51. The van der Waals surface area contributed by atoms with Crippen LogP contribution in [0.25, 0.3) is 0 Å². The number of aromatic amines is 1. The molecule has 0 radical (unpaired) electrons. The number of nitrogens with one attached hydrogen (secondary N) is 2. The molecule has 0 aliphatic rings. The molecule has 1 rings (SSSR count). The zero-order valence-corrected chi connectivity index (χ0v) is 10.7. The molecule has 0 saturated carbocycles. The lowest BCUT2D eigenvalue weighted by Crippen LogP contribution is -2.39. The summed E-state index contributed by atoms with van der Waals surface area (Å²) >= 11 is 0. The minimum absolute atomic E-state index is 0.284. The molecule has 0 bridgehead atoms. The van der Waals surface area contributed by atoms with Crippen molar-refractivity contribution in [3.05, 3.63) is 17.5 Å². The van der Waals surface area contributed by atoms with Gasteiger partial charge in [0.25, 0.3) is 0 Å². The maximum atomic E-state index is 4.05. The van der Waals surface area contributed by atoms with E-state index in [2.05, 4.69) is 57.1 Å². The highest BCUT2D eigenvalue weighted by molar-refractivity contribution is 5.18. The molecule has 2 N–H and O–H groups in total. The number of rotatable bonds is 3. The monoisotopic (exact) mass is 209 g/mol. The minimum Gasteiger partial charge on any atom is -0.307 e. The molecule has 3 nitrogen and oxygen atoms in total. The first-order valence-corrected chi connectivity index (χ1v) is 5.58. The maximum Gasteiger partial charge on any atom is 0.0537 e. The molecule has 0 aromatic carbocycles. The Balaban J connectivity index is 2.64. The topological polar surface area (TPSA) is 40.7 Å². The highest BCUT2D eigenvalue weighted by Gasteiger charge is 2.22. The SMILES string of the molecule is Cc1[nH]ncc1C(C)NC(C)C(C)(C)C. The molecule has 2 unspecified atom stereocenters. The van der Waals surface area contributed by atoms with Gasteiger partial charge in [-0.3, -0.25) is 5.10 Å². The lowest BCUT2D eigenvalue weighted by atomic mass is 9.87. The summed E-state index contributed by atoms with van der Waals surface area (Å²) in [6.45, 7) is 13.2. The lowest BCUT2D eigenvalue weighted by Gasteiger charge is -2.31. The fraction of sp³-hybridized carbons (Fsp3) is 0.750. The Morgan fingerprint density at radius 3 is 2.33 bits per heavy atom. The van der Waals surface area contributed by atoms with Crippen LogP contribution in [0.1, 0.15) is 51.9 Å². The van der Waals surface area contributed by atoms with E-state index in [-0.39, 0.29) is 5.41 Å². The summed E-state index contributed by atoms with van der Waals surface area (Å²) in [5, 5.41) is 10.6. The molecule has 0 aliphatic heterocycles. The standard InChI is InChI=1S/C12H23N3/c1-8(11-7-13-15-9(11)2)14-10(3)12(4,5)6/h7-8,10,14H,1-6H3,(H,13,15). The third kappa shape index (κ3) is 3.06. The fourth-order valence-corrected chi connectivity index (χ4v) is 1.51. The van der Waals surface area contributed by atoms with E-state index in [1.807, 2.05) is 6.20 Å². The minimum atomic E-state index is 0.284. The quantitative estimate of drug-likeness (QED) is 0.803. The summed E-state index contributed by atoms with van der Waals surface area (Å²) in [7, 11) is 0. The number of nitrogens with zero attached hydrogens (tertiary/aromatic N) is 1. The van der Waals surface area contributed by atoms with E-state index in [0.29, 0.717) is 12.1 Å². The normalized spacial score (nSPS) is 16.4. The van der Waals surface area contributed by atoms with Crippen LogP contribution in [-0.2, 0) is 0 Å². The highest BCUT2D eigenvalue weighted by Crippen LogP contribution is 2.23. The maximum absolute atomic E-state index is 4.05. The number of aryl methyl sites for hydroxylation is 1. The molecule has 0 amide bonds. The molecule has 1 heterocycles. The van der Waals surface area contributed by atoms with Crippen molar-refractivity contribution in [3.63, 3.8) is 0 Å². The van der Waals surface area contributed by atoms with Gasteiger partial charge in [-0.05, 0) is 26.2 Å². The second-order valence-electron chi connectivity index (χ2n) is 5.43. The van der Waals surface area contributed by atoms with Crippen LogP contribution in [-0.4, -0.2) is 16.2 Å². The van der Waals surface area contributed by atoms with Crippen LogP contribution in [0.5, 0.6) is 0 Å². The molecule has 1 aromatic heterocycles. The summed E-state index contributed by atoms with van der Waals surface area (Å²) in [5.74, 6) is 0. The molecule has 3 heteroatoms.